The third kappa shape index (κ3) is 3.91. The molecule has 4 heteroatoms. The van der Waals surface area contributed by atoms with Gasteiger partial charge in [-0.1, -0.05) is 30.3 Å². The Hall–Kier alpha value is -2.33. The number of aliphatic carboxylic acids is 1. The molecule has 2 bridgehead atoms. The number of carbonyl (C=O) groups is 1. The van der Waals surface area contributed by atoms with E-state index in [1.165, 1.54) is 12.8 Å². The second-order valence-electron chi connectivity index (χ2n) is 9.36. The van der Waals surface area contributed by atoms with Crippen LogP contribution in [0.5, 0.6) is 11.5 Å². The van der Waals surface area contributed by atoms with E-state index in [9.17, 15) is 9.90 Å². The second-order valence-corrected chi connectivity index (χ2v) is 9.36. The van der Waals surface area contributed by atoms with Crippen LogP contribution in [0.3, 0.4) is 0 Å². The number of carboxylic acids is 1. The van der Waals surface area contributed by atoms with E-state index in [0.29, 0.717) is 17.9 Å². The molecule has 0 heterocycles. The van der Waals surface area contributed by atoms with Gasteiger partial charge in [0.15, 0.2) is 0 Å². The summed E-state index contributed by atoms with van der Waals surface area (Å²) in [5, 5.41) is 9.21. The van der Waals surface area contributed by atoms with Gasteiger partial charge in [-0.3, -0.25) is 4.79 Å². The lowest BCUT2D eigenvalue weighted by Gasteiger charge is -2.28. The van der Waals surface area contributed by atoms with E-state index < -0.39 is 5.97 Å². The van der Waals surface area contributed by atoms with Gasteiger partial charge in [0.25, 0.3) is 0 Å². The summed E-state index contributed by atoms with van der Waals surface area (Å²) in [6.07, 6.45) is 7.65. The van der Waals surface area contributed by atoms with Crippen LogP contribution >= 0.6 is 0 Å². The van der Waals surface area contributed by atoms with Crippen LogP contribution in [-0.4, -0.2) is 16.7 Å². The molecule has 0 radical (unpaired) electrons. The zero-order valence-corrected chi connectivity index (χ0v) is 16.7. The summed E-state index contributed by atoms with van der Waals surface area (Å²) in [6.45, 7) is 0.600. The number of rotatable bonds is 8. The van der Waals surface area contributed by atoms with E-state index >= 15 is 0 Å². The zero-order valence-electron chi connectivity index (χ0n) is 16.7. The fourth-order valence-corrected chi connectivity index (χ4v) is 5.64. The molecule has 2 atom stereocenters. The first-order chi connectivity index (χ1) is 14.0. The van der Waals surface area contributed by atoms with E-state index in [0.717, 1.165) is 49.2 Å². The van der Waals surface area contributed by atoms with Crippen molar-refractivity contribution in [1.82, 2.24) is 0 Å². The summed E-state index contributed by atoms with van der Waals surface area (Å²) in [5.74, 6) is 1.36. The Kier molecular flexibility index (Phi) is 4.62. The van der Waals surface area contributed by atoms with Gasteiger partial charge < -0.3 is 14.6 Å². The van der Waals surface area contributed by atoms with E-state index in [-0.39, 0.29) is 11.5 Å². The van der Waals surface area contributed by atoms with Crippen LogP contribution in [0.1, 0.15) is 50.5 Å². The molecule has 0 aliphatic heterocycles. The summed E-state index contributed by atoms with van der Waals surface area (Å²) >= 11 is 0. The Bertz CT molecular complexity index is 883. The SMILES string of the molecule is O=C(O)C1CC1CC12CCC(OCc3cccc(Oc4ccccc4)c3)(CC1)C2. The van der Waals surface area contributed by atoms with Crippen molar-refractivity contribution in [2.45, 2.75) is 57.2 Å². The molecule has 0 amide bonds. The predicted molar refractivity (Wildman–Crippen MR) is 110 cm³/mol. The van der Waals surface area contributed by atoms with Gasteiger partial charge in [-0.05, 0) is 86.1 Å². The maximum absolute atomic E-state index is 11.2. The van der Waals surface area contributed by atoms with Gasteiger partial charge in [-0.25, -0.2) is 0 Å². The lowest BCUT2D eigenvalue weighted by molar-refractivity contribution is -0.138. The van der Waals surface area contributed by atoms with Gasteiger partial charge in [0, 0.05) is 0 Å². The van der Waals surface area contributed by atoms with Crippen LogP contribution in [0.15, 0.2) is 54.6 Å². The van der Waals surface area contributed by atoms with Crippen LogP contribution in [0.4, 0.5) is 0 Å². The Morgan fingerprint density at radius 3 is 2.48 bits per heavy atom. The minimum Gasteiger partial charge on any atom is -0.481 e. The third-order valence-electron chi connectivity index (χ3n) is 7.28. The number of benzene rings is 2. The van der Waals surface area contributed by atoms with E-state index in [1.54, 1.807) is 0 Å². The minimum absolute atomic E-state index is 0.0100. The molecule has 2 aromatic carbocycles. The molecular formula is C25H28O4. The van der Waals surface area contributed by atoms with Crippen molar-refractivity contribution in [3.63, 3.8) is 0 Å². The molecular weight excluding hydrogens is 364 g/mol. The molecule has 1 N–H and O–H groups in total. The zero-order chi connectivity index (χ0) is 19.9. The molecule has 2 aromatic rings. The minimum atomic E-state index is -0.609. The normalized spacial score (nSPS) is 32.3. The lowest BCUT2D eigenvalue weighted by Crippen LogP contribution is -2.26. The first kappa shape index (κ1) is 18.7. The largest absolute Gasteiger partial charge is 0.481 e. The van der Waals surface area contributed by atoms with Gasteiger partial charge in [0.1, 0.15) is 11.5 Å². The van der Waals surface area contributed by atoms with E-state index in [1.807, 2.05) is 42.5 Å². The highest BCUT2D eigenvalue weighted by Gasteiger charge is 2.58. The standard InChI is InChI=1S/C25H28O4/c26-23(27)22-14-19(22)15-24-9-11-25(17-24,12-10-24)28-16-18-5-4-8-21(13-18)29-20-6-2-1-3-7-20/h1-8,13,19,22H,9-12,14-17H2,(H,26,27). The van der Waals surface area contributed by atoms with Gasteiger partial charge in [-0.15, -0.1) is 0 Å². The lowest BCUT2D eigenvalue weighted by atomic mass is 9.79. The summed E-state index contributed by atoms with van der Waals surface area (Å²) in [7, 11) is 0. The van der Waals surface area contributed by atoms with Gasteiger partial charge in [0.2, 0.25) is 0 Å². The molecule has 0 aromatic heterocycles. The fourth-order valence-electron chi connectivity index (χ4n) is 5.64. The number of ether oxygens (including phenoxy) is 2. The molecule has 2 unspecified atom stereocenters. The third-order valence-corrected chi connectivity index (χ3v) is 7.28. The van der Waals surface area contributed by atoms with Crippen molar-refractivity contribution in [3.05, 3.63) is 60.2 Å². The van der Waals surface area contributed by atoms with E-state index in [4.69, 9.17) is 9.47 Å². The molecule has 152 valence electrons. The summed E-state index contributed by atoms with van der Waals surface area (Å²) in [6, 6.07) is 17.9. The number of hydrogen-bond donors (Lipinski definition) is 1. The van der Waals surface area contributed by atoms with Crippen molar-refractivity contribution in [2.75, 3.05) is 0 Å². The Morgan fingerprint density at radius 1 is 1.00 bits per heavy atom. The Labute approximate surface area is 171 Å². The molecule has 5 rings (SSSR count). The smallest absolute Gasteiger partial charge is 0.306 e. The monoisotopic (exact) mass is 392 g/mol. The highest BCUT2D eigenvalue weighted by atomic mass is 16.5. The van der Waals surface area contributed by atoms with Crippen molar-refractivity contribution >= 4 is 5.97 Å². The van der Waals surface area contributed by atoms with Crippen LogP contribution in [-0.2, 0) is 16.1 Å². The molecule has 0 saturated heterocycles. The van der Waals surface area contributed by atoms with Crippen LogP contribution in [0.25, 0.3) is 0 Å². The molecule has 0 spiro atoms. The van der Waals surface area contributed by atoms with Crippen LogP contribution in [0.2, 0.25) is 0 Å². The molecule has 3 saturated carbocycles. The average Bonchev–Trinajstić information content (AvgIpc) is 3.27. The van der Waals surface area contributed by atoms with Crippen molar-refractivity contribution < 1.29 is 19.4 Å². The van der Waals surface area contributed by atoms with Crippen molar-refractivity contribution in [1.29, 1.82) is 0 Å². The summed E-state index contributed by atoms with van der Waals surface area (Å²) in [5.41, 5.74) is 1.45. The maximum atomic E-state index is 11.2. The average molecular weight is 392 g/mol. The fraction of sp³-hybridized carbons (Fsp3) is 0.480. The molecule has 3 fully saturated rings. The molecule has 3 aliphatic rings. The second kappa shape index (κ2) is 7.17. The van der Waals surface area contributed by atoms with Gasteiger partial charge in [0.05, 0.1) is 18.1 Å². The number of carboxylic acid groups (broad SMARTS) is 1. The number of hydrogen-bond acceptors (Lipinski definition) is 3. The van der Waals surface area contributed by atoms with Crippen LogP contribution in [0, 0.1) is 17.3 Å². The molecule has 3 aliphatic carbocycles. The topological polar surface area (TPSA) is 55.8 Å². The number of para-hydroxylation sites is 1. The highest BCUT2D eigenvalue weighted by Crippen LogP contribution is 2.63. The van der Waals surface area contributed by atoms with Crippen molar-refractivity contribution in [3.8, 4) is 11.5 Å². The van der Waals surface area contributed by atoms with Gasteiger partial charge in [-0.2, -0.15) is 0 Å². The first-order valence-electron chi connectivity index (χ1n) is 10.7. The van der Waals surface area contributed by atoms with Crippen molar-refractivity contribution in [2.24, 2.45) is 17.3 Å². The molecule has 29 heavy (non-hydrogen) atoms. The first-order valence-corrected chi connectivity index (χ1v) is 10.7. The Morgan fingerprint density at radius 2 is 1.76 bits per heavy atom. The summed E-state index contributed by atoms with van der Waals surface area (Å²) in [4.78, 5) is 11.2. The quantitative estimate of drug-likeness (QED) is 0.616. The molecule has 4 nitrogen and oxygen atoms in total. The van der Waals surface area contributed by atoms with E-state index in [2.05, 4.69) is 12.1 Å². The maximum Gasteiger partial charge on any atom is 0.306 e. The van der Waals surface area contributed by atoms with Crippen LogP contribution < -0.4 is 4.74 Å². The Balaban J connectivity index is 1.18. The number of fused-ring (bicyclic) bond motifs is 2. The highest BCUT2D eigenvalue weighted by molar-refractivity contribution is 5.73. The predicted octanol–water partition coefficient (Wildman–Crippen LogP) is 5.81. The summed E-state index contributed by atoms with van der Waals surface area (Å²) < 4.78 is 12.4. The van der Waals surface area contributed by atoms with Gasteiger partial charge >= 0.3 is 5.97 Å².